The fourth-order valence-corrected chi connectivity index (χ4v) is 4.06. The summed E-state index contributed by atoms with van der Waals surface area (Å²) >= 11 is 0. The van der Waals surface area contributed by atoms with Gasteiger partial charge < -0.3 is 9.84 Å². The second kappa shape index (κ2) is 5.77. The fraction of sp³-hybridized carbons (Fsp3) is 0.400. The first kappa shape index (κ1) is 13.8. The molecule has 1 unspecified atom stereocenters. The highest BCUT2D eigenvalue weighted by Gasteiger charge is 2.36. The van der Waals surface area contributed by atoms with E-state index in [4.69, 9.17) is 4.74 Å². The van der Waals surface area contributed by atoms with Gasteiger partial charge in [-0.2, -0.15) is 0 Å². The molecule has 0 aromatic heterocycles. The van der Waals surface area contributed by atoms with Crippen molar-refractivity contribution in [2.75, 3.05) is 0 Å². The lowest BCUT2D eigenvalue weighted by atomic mass is 9.74. The highest BCUT2D eigenvalue weighted by molar-refractivity contribution is 5.54. The normalized spacial score (nSPS) is 19.9. The van der Waals surface area contributed by atoms with Gasteiger partial charge >= 0.3 is 0 Å². The van der Waals surface area contributed by atoms with E-state index < -0.39 is 0 Å². The first-order chi connectivity index (χ1) is 10.8. The Bertz CT molecular complexity index is 613. The van der Waals surface area contributed by atoms with Gasteiger partial charge in [-0.1, -0.05) is 55.7 Å². The van der Waals surface area contributed by atoms with Crippen molar-refractivity contribution >= 4 is 0 Å². The molecule has 0 bridgehead atoms. The molecule has 0 saturated heterocycles. The average molecular weight is 294 g/mol. The molecule has 1 atom stereocenters. The predicted octanol–water partition coefficient (Wildman–Crippen LogP) is 4.87. The monoisotopic (exact) mass is 294 g/mol. The summed E-state index contributed by atoms with van der Waals surface area (Å²) in [5, 5.41) is 11.1. The molecule has 2 heteroatoms. The van der Waals surface area contributed by atoms with Crippen LogP contribution in [0.2, 0.25) is 0 Å². The third kappa shape index (κ3) is 2.32. The lowest BCUT2D eigenvalue weighted by Crippen LogP contribution is -2.31. The van der Waals surface area contributed by atoms with Crippen LogP contribution in [0.25, 0.3) is 0 Å². The van der Waals surface area contributed by atoms with Crippen molar-refractivity contribution in [2.24, 2.45) is 5.92 Å². The topological polar surface area (TPSA) is 29.5 Å². The number of fused-ring (bicyclic) bond motifs is 2. The zero-order chi connectivity index (χ0) is 14.9. The zero-order valence-electron chi connectivity index (χ0n) is 12.7. The van der Waals surface area contributed by atoms with Crippen LogP contribution in [0.1, 0.15) is 49.1 Å². The van der Waals surface area contributed by atoms with Crippen molar-refractivity contribution < 1.29 is 9.84 Å². The minimum atomic E-state index is -0.327. The van der Waals surface area contributed by atoms with E-state index in [0.717, 1.165) is 35.5 Å². The lowest BCUT2D eigenvalue weighted by molar-refractivity contribution is 0.0681. The van der Waals surface area contributed by atoms with Crippen molar-refractivity contribution in [3.8, 4) is 11.5 Å². The van der Waals surface area contributed by atoms with Gasteiger partial charge in [-0.05, 0) is 30.9 Å². The van der Waals surface area contributed by atoms with Crippen LogP contribution in [0.3, 0.4) is 0 Å². The Kier molecular flexibility index (Phi) is 3.63. The molecular formula is C20H22O2. The number of aliphatic hydroxyl groups excluding tert-OH is 1. The molecule has 1 aliphatic carbocycles. The van der Waals surface area contributed by atoms with Crippen molar-refractivity contribution in [3.63, 3.8) is 0 Å². The molecule has 1 aliphatic heterocycles. The molecule has 22 heavy (non-hydrogen) atoms. The molecule has 1 heterocycles. The summed E-state index contributed by atoms with van der Waals surface area (Å²) in [6, 6.07) is 16.3. The largest absolute Gasteiger partial charge is 0.457 e. The maximum atomic E-state index is 11.1. The minimum absolute atomic E-state index is 0.0317. The Morgan fingerprint density at radius 1 is 0.818 bits per heavy atom. The summed E-state index contributed by atoms with van der Waals surface area (Å²) in [5.41, 5.74) is 2.25. The molecule has 114 valence electrons. The third-order valence-corrected chi connectivity index (χ3v) is 5.20. The smallest absolute Gasteiger partial charge is 0.131 e. The molecule has 2 aliphatic rings. The third-order valence-electron chi connectivity index (χ3n) is 5.20. The Labute approximate surface area is 131 Å². The first-order valence-electron chi connectivity index (χ1n) is 8.38. The molecular weight excluding hydrogens is 272 g/mol. The minimum Gasteiger partial charge on any atom is -0.457 e. The van der Waals surface area contributed by atoms with Gasteiger partial charge in [0.05, 0.1) is 6.10 Å². The molecule has 2 aromatic carbocycles. The molecule has 4 rings (SSSR count). The molecule has 1 saturated carbocycles. The second-order valence-electron chi connectivity index (χ2n) is 6.54. The van der Waals surface area contributed by atoms with Crippen LogP contribution < -0.4 is 4.74 Å². The van der Waals surface area contributed by atoms with E-state index in [2.05, 4.69) is 12.1 Å². The molecule has 2 nitrogen and oxygen atoms in total. The number of aliphatic hydroxyl groups is 1. The molecule has 0 radical (unpaired) electrons. The van der Waals surface area contributed by atoms with Gasteiger partial charge in [-0.15, -0.1) is 0 Å². The van der Waals surface area contributed by atoms with E-state index >= 15 is 0 Å². The summed E-state index contributed by atoms with van der Waals surface area (Å²) < 4.78 is 6.03. The van der Waals surface area contributed by atoms with E-state index in [1.807, 2.05) is 36.4 Å². The van der Waals surface area contributed by atoms with E-state index in [0.29, 0.717) is 5.92 Å². The van der Waals surface area contributed by atoms with Crippen molar-refractivity contribution in [1.29, 1.82) is 0 Å². The molecule has 2 aromatic rings. The predicted molar refractivity (Wildman–Crippen MR) is 87.4 cm³/mol. The van der Waals surface area contributed by atoms with E-state index in [9.17, 15) is 5.11 Å². The summed E-state index contributed by atoms with van der Waals surface area (Å²) in [4.78, 5) is 0. The highest BCUT2D eigenvalue weighted by atomic mass is 16.5. The van der Waals surface area contributed by atoms with E-state index in [1.54, 1.807) is 0 Å². The van der Waals surface area contributed by atoms with Gasteiger partial charge in [0.2, 0.25) is 0 Å². The van der Waals surface area contributed by atoms with E-state index in [-0.39, 0.29) is 12.0 Å². The number of hydrogen-bond donors (Lipinski definition) is 1. The van der Waals surface area contributed by atoms with Crippen LogP contribution in [0.15, 0.2) is 48.5 Å². The van der Waals surface area contributed by atoms with Crippen molar-refractivity contribution in [3.05, 3.63) is 59.7 Å². The molecule has 0 amide bonds. The maximum Gasteiger partial charge on any atom is 0.131 e. The van der Waals surface area contributed by atoms with Crippen LogP contribution in [0.4, 0.5) is 0 Å². The summed E-state index contributed by atoms with van der Waals surface area (Å²) in [6.07, 6.45) is 5.75. The van der Waals surface area contributed by atoms with Gasteiger partial charge in [0.15, 0.2) is 0 Å². The Balaban J connectivity index is 1.77. The molecule has 0 spiro atoms. The summed E-state index contributed by atoms with van der Waals surface area (Å²) in [6.45, 7) is 0. The molecule has 1 N–H and O–H groups in total. The number of hydrogen-bond acceptors (Lipinski definition) is 2. The average Bonchev–Trinajstić information content (AvgIpc) is 2.60. The van der Waals surface area contributed by atoms with Crippen LogP contribution in [0.5, 0.6) is 11.5 Å². The number of rotatable bonds is 2. The molecule has 1 fully saturated rings. The van der Waals surface area contributed by atoms with Crippen LogP contribution in [0, 0.1) is 5.92 Å². The zero-order valence-corrected chi connectivity index (χ0v) is 12.7. The van der Waals surface area contributed by atoms with Gasteiger partial charge in [-0.25, -0.2) is 0 Å². The SMILES string of the molecule is OC(C1CCCCC1)C1c2ccccc2Oc2ccccc21. The quantitative estimate of drug-likeness (QED) is 0.856. The maximum absolute atomic E-state index is 11.1. The van der Waals surface area contributed by atoms with Gasteiger partial charge in [0.25, 0.3) is 0 Å². The van der Waals surface area contributed by atoms with Crippen LogP contribution >= 0.6 is 0 Å². The Morgan fingerprint density at radius 3 is 1.95 bits per heavy atom. The van der Waals surface area contributed by atoms with Crippen molar-refractivity contribution in [2.45, 2.75) is 44.1 Å². The summed E-state index contributed by atoms with van der Waals surface area (Å²) in [5.74, 6) is 2.21. The van der Waals surface area contributed by atoms with E-state index in [1.165, 1.54) is 19.3 Å². The lowest BCUT2D eigenvalue weighted by Gasteiger charge is -2.36. The number of ether oxygens (including phenoxy) is 1. The Morgan fingerprint density at radius 2 is 1.36 bits per heavy atom. The summed E-state index contributed by atoms with van der Waals surface area (Å²) in [7, 11) is 0. The number of para-hydroxylation sites is 2. The fourth-order valence-electron chi connectivity index (χ4n) is 4.06. The standard InChI is InChI=1S/C20H22O2/c21-20(14-8-2-1-3-9-14)19-15-10-4-6-12-17(15)22-18-13-7-5-11-16(18)19/h4-7,10-14,19-21H,1-3,8-9H2. The highest BCUT2D eigenvalue weighted by Crippen LogP contribution is 2.48. The van der Waals surface area contributed by atoms with Gasteiger partial charge in [0, 0.05) is 17.0 Å². The van der Waals surface area contributed by atoms with Crippen LogP contribution in [-0.2, 0) is 0 Å². The Hall–Kier alpha value is -1.80. The second-order valence-corrected chi connectivity index (χ2v) is 6.54. The number of benzene rings is 2. The van der Waals surface area contributed by atoms with Gasteiger partial charge in [-0.3, -0.25) is 0 Å². The van der Waals surface area contributed by atoms with Crippen molar-refractivity contribution in [1.82, 2.24) is 0 Å². The first-order valence-corrected chi connectivity index (χ1v) is 8.38. The van der Waals surface area contributed by atoms with Crippen LogP contribution in [-0.4, -0.2) is 11.2 Å². The van der Waals surface area contributed by atoms with Gasteiger partial charge in [0.1, 0.15) is 11.5 Å².